The molecule has 0 bridgehead atoms. The summed E-state index contributed by atoms with van der Waals surface area (Å²) in [7, 11) is 3.31. The van der Waals surface area contributed by atoms with Gasteiger partial charge in [-0.05, 0) is 38.1 Å². The maximum Gasteiger partial charge on any atom is 0.123 e. The molecule has 0 spiro atoms. The molecule has 0 saturated heterocycles. The van der Waals surface area contributed by atoms with Crippen molar-refractivity contribution in [1.82, 2.24) is 5.32 Å². The largest absolute Gasteiger partial charge is 0.497 e. The van der Waals surface area contributed by atoms with Gasteiger partial charge in [-0.2, -0.15) is 0 Å². The molecule has 17 heavy (non-hydrogen) atoms. The van der Waals surface area contributed by atoms with Gasteiger partial charge in [-0.25, -0.2) is 0 Å². The van der Waals surface area contributed by atoms with E-state index < -0.39 is 0 Å². The van der Waals surface area contributed by atoms with Gasteiger partial charge < -0.3 is 19.9 Å². The molecule has 0 saturated carbocycles. The minimum Gasteiger partial charge on any atom is -0.497 e. The van der Waals surface area contributed by atoms with Gasteiger partial charge in [0.2, 0.25) is 0 Å². The fourth-order valence-electron chi connectivity index (χ4n) is 1.69. The van der Waals surface area contributed by atoms with Crippen LogP contribution in [0.5, 0.6) is 11.5 Å². The van der Waals surface area contributed by atoms with E-state index >= 15 is 0 Å². The van der Waals surface area contributed by atoms with E-state index in [1.807, 2.05) is 18.2 Å². The van der Waals surface area contributed by atoms with Crippen LogP contribution in [0.25, 0.3) is 0 Å². The van der Waals surface area contributed by atoms with E-state index in [9.17, 15) is 0 Å². The van der Waals surface area contributed by atoms with Gasteiger partial charge in [0.1, 0.15) is 11.5 Å². The van der Waals surface area contributed by atoms with Gasteiger partial charge in [0.25, 0.3) is 0 Å². The zero-order chi connectivity index (χ0) is 12.7. The van der Waals surface area contributed by atoms with Crippen molar-refractivity contribution in [2.75, 3.05) is 27.4 Å². The van der Waals surface area contributed by atoms with Crippen LogP contribution in [0.3, 0.4) is 0 Å². The van der Waals surface area contributed by atoms with Gasteiger partial charge >= 0.3 is 0 Å². The van der Waals surface area contributed by atoms with Gasteiger partial charge in [0.15, 0.2) is 0 Å². The Bertz CT molecular complexity index is 341. The minimum atomic E-state index is 0.159. The van der Waals surface area contributed by atoms with Crippen molar-refractivity contribution >= 4 is 0 Å². The summed E-state index contributed by atoms with van der Waals surface area (Å²) in [6.45, 7) is 3.04. The highest BCUT2D eigenvalue weighted by atomic mass is 16.5. The second kappa shape index (κ2) is 7.14. The third kappa shape index (κ3) is 3.91. The number of benzene rings is 1. The Hall–Kier alpha value is -1.26. The molecule has 0 radical (unpaired) electrons. The van der Waals surface area contributed by atoms with Crippen molar-refractivity contribution in [2.45, 2.75) is 19.4 Å². The molecular weight excluding hydrogens is 218 g/mol. The fourth-order valence-corrected chi connectivity index (χ4v) is 1.69. The molecule has 1 rings (SSSR count). The van der Waals surface area contributed by atoms with Gasteiger partial charge in [-0.15, -0.1) is 0 Å². The molecule has 2 N–H and O–H groups in total. The lowest BCUT2D eigenvalue weighted by Crippen LogP contribution is -2.21. The Balaban J connectivity index is 2.78. The zero-order valence-corrected chi connectivity index (χ0v) is 10.7. The fraction of sp³-hybridized carbons (Fsp3) is 0.538. The first-order chi connectivity index (χ1) is 8.22. The van der Waals surface area contributed by atoms with E-state index in [1.165, 1.54) is 0 Å². The van der Waals surface area contributed by atoms with Crippen LogP contribution in [0.1, 0.15) is 24.9 Å². The molecule has 0 heterocycles. The van der Waals surface area contributed by atoms with E-state index in [1.54, 1.807) is 14.2 Å². The molecular formula is C13H21NO3. The zero-order valence-electron chi connectivity index (χ0n) is 10.7. The van der Waals surface area contributed by atoms with Crippen LogP contribution in [-0.2, 0) is 0 Å². The molecule has 1 aromatic rings. The summed E-state index contributed by atoms with van der Waals surface area (Å²) >= 11 is 0. The van der Waals surface area contributed by atoms with Crippen molar-refractivity contribution in [3.63, 3.8) is 0 Å². The van der Waals surface area contributed by atoms with Crippen LogP contribution in [0.15, 0.2) is 18.2 Å². The Kier molecular flexibility index (Phi) is 5.80. The van der Waals surface area contributed by atoms with Crippen molar-refractivity contribution in [1.29, 1.82) is 0 Å². The summed E-state index contributed by atoms with van der Waals surface area (Å²) in [5.74, 6) is 1.66. The lowest BCUT2D eigenvalue weighted by molar-refractivity contribution is 0.283. The van der Waals surface area contributed by atoms with E-state index in [2.05, 4.69) is 12.2 Å². The minimum absolute atomic E-state index is 0.159. The van der Waals surface area contributed by atoms with Crippen molar-refractivity contribution in [2.24, 2.45) is 0 Å². The molecule has 0 aliphatic heterocycles. The first-order valence-electron chi connectivity index (χ1n) is 5.79. The predicted octanol–water partition coefficient (Wildman–Crippen LogP) is 1.74. The summed E-state index contributed by atoms with van der Waals surface area (Å²) < 4.78 is 10.5. The van der Waals surface area contributed by atoms with Crippen molar-refractivity contribution < 1.29 is 14.6 Å². The van der Waals surface area contributed by atoms with Gasteiger partial charge in [0.05, 0.1) is 14.2 Å². The second-order valence-electron chi connectivity index (χ2n) is 3.86. The first-order valence-corrected chi connectivity index (χ1v) is 5.79. The number of aliphatic hydroxyl groups excluding tert-OH is 1. The monoisotopic (exact) mass is 239 g/mol. The number of methoxy groups -OCH3 is 2. The quantitative estimate of drug-likeness (QED) is 0.712. The molecule has 1 atom stereocenters. The summed E-state index contributed by atoms with van der Waals surface area (Å²) in [6, 6.07) is 5.91. The van der Waals surface area contributed by atoms with E-state index in [0.29, 0.717) is 0 Å². The second-order valence-corrected chi connectivity index (χ2v) is 3.86. The highest BCUT2D eigenvalue weighted by Crippen LogP contribution is 2.29. The highest BCUT2D eigenvalue weighted by molar-refractivity contribution is 5.42. The first kappa shape index (κ1) is 13.8. The Labute approximate surface area is 103 Å². The molecule has 1 unspecified atom stereocenters. The van der Waals surface area contributed by atoms with Crippen LogP contribution in [0.4, 0.5) is 0 Å². The molecule has 0 amide bonds. The number of hydrogen-bond acceptors (Lipinski definition) is 4. The molecule has 4 nitrogen and oxygen atoms in total. The van der Waals surface area contributed by atoms with Crippen LogP contribution in [0, 0.1) is 0 Å². The average molecular weight is 239 g/mol. The summed E-state index contributed by atoms with van der Waals surface area (Å²) in [5, 5.41) is 12.1. The van der Waals surface area contributed by atoms with Crippen molar-refractivity contribution in [3.8, 4) is 11.5 Å². The maximum atomic E-state index is 8.75. The van der Waals surface area contributed by atoms with Crippen LogP contribution in [-0.4, -0.2) is 32.5 Å². The summed E-state index contributed by atoms with van der Waals surface area (Å²) in [5.41, 5.74) is 1.06. The van der Waals surface area contributed by atoms with Gasteiger partial charge in [0, 0.05) is 18.2 Å². The SMILES string of the molecule is COc1ccc(OC)c(C(C)NCCCO)c1. The normalized spacial score (nSPS) is 12.2. The molecule has 1 aromatic carbocycles. The third-order valence-corrected chi connectivity index (χ3v) is 2.69. The van der Waals surface area contributed by atoms with E-state index in [-0.39, 0.29) is 12.6 Å². The Morgan fingerprint density at radius 3 is 2.65 bits per heavy atom. The topological polar surface area (TPSA) is 50.7 Å². The number of rotatable bonds is 7. The van der Waals surface area contributed by atoms with Gasteiger partial charge in [-0.1, -0.05) is 0 Å². The lowest BCUT2D eigenvalue weighted by atomic mass is 10.1. The maximum absolute atomic E-state index is 8.75. The Morgan fingerprint density at radius 2 is 2.06 bits per heavy atom. The number of nitrogens with one attached hydrogen (secondary N) is 1. The third-order valence-electron chi connectivity index (χ3n) is 2.69. The van der Waals surface area contributed by atoms with Gasteiger partial charge in [-0.3, -0.25) is 0 Å². The lowest BCUT2D eigenvalue weighted by Gasteiger charge is -2.18. The predicted molar refractivity (Wildman–Crippen MR) is 67.7 cm³/mol. The average Bonchev–Trinajstić information content (AvgIpc) is 2.38. The number of aliphatic hydroxyl groups is 1. The number of hydrogen-bond donors (Lipinski definition) is 2. The standard InChI is InChI=1S/C13H21NO3/c1-10(14-7-4-8-15)12-9-11(16-2)5-6-13(12)17-3/h5-6,9-10,14-15H,4,7-8H2,1-3H3. The van der Waals surface area contributed by atoms with E-state index in [4.69, 9.17) is 14.6 Å². The van der Waals surface area contributed by atoms with E-state index in [0.717, 1.165) is 30.0 Å². The number of ether oxygens (including phenoxy) is 2. The smallest absolute Gasteiger partial charge is 0.123 e. The highest BCUT2D eigenvalue weighted by Gasteiger charge is 2.11. The molecule has 0 aromatic heterocycles. The molecule has 0 fully saturated rings. The van der Waals surface area contributed by atoms with Crippen LogP contribution in [0.2, 0.25) is 0 Å². The molecule has 4 heteroatoms. The van der Waals surface area contributed by atoms with Crippen molar-refractivity contribution in [3.05, 3.63) is 23.8 Å². The summed E-state index contributed by atoms with van der Waals surface area (Å²) in [6.07, 6.45) is 0.747. The molecule has 0 aliphatic carbocycles. The van der Waals surface area contributed by atoms with Crippen LogP contribution < -0.4 is 14.8 Å². The molecule has 96 valence electrons. The van der Waals surface area contributed by atoms with Crippen LogP contribution >= 0.6 is 0 Å². The Morgan fingerprint density at radius 1 is 1.29 bits per heavy atom. The molecule has 0 aliphatic rings. The summed E-state index contributed by atoms with van der Waals surface area (Å²) in [4.78, 5) is 0.